The molecular weight excluding hydrogens is 204 g/mol. The number of thiocarbonyl (C=S) groups is 2. The van der Waals surface area contributed by atoms with Gasteiger partial charge in [-0.05, 0) is 43.7 Å². The molecule has 6 heteroatoms. The molecule has 0 aromatic heterocycles. The molecule has 13 heavy (non-hydrogen) atoms. The highest BCUT2D eigenvalue weighted by molar-refractivity contribution is 7.80. The van der Waals surface area contributed by atoms with Gasteiger partial charge in [0.05, 0.1) is 0 Å². The van der Waals surface area contributed by atoms with E-state index in [1.54, 1.807) is 0 Å². The first kappa shape index (κ1) is 7.75. The molecule has 3 aliphatic rings. The molecule has 1 saturated carbocycles. The van der Waals surface area contributed by atoms with E-state index in [1.165, 1.54) is 6.42 Å². The van der Waals surface area contributed by atoms with E-state index in [4.69, 9.17) is 24.4 Å². The predicted molar refractivity (Wildman–Crippen MR) is 57.1 cm³/mol. The number of rotatable bonds is 0. The first-order valence-electron chi connectivity index (χ1n) is 4.37. The summed E-state index contributed by atoms with van der Waals surface area (Å²) in [4.78, 5) is 0. The highest BCUT2D eigenvalue weighted by Gasteiger charge is 2.64. The molecule has 2 saturated heterocycles. The van der Waals surface area contributed by atoms with Crippen LogP contribution in [0.25, 0.3) is 0 Å². The summed E-state index contributed by atoms with van der Waals surface area (Å²) in [6.45, 7) is 0. The number of hydrogen-bond donors (Lipinski definition) is 4. The molecule has 0 radical (unpaired) electrons. The molecule has 4 nitrogen and oxygen atoms in total. The van der Waals surface area contributed by atoms with Gasteiger partial charge in [-0.25, -0.2) is 0 Å². The fourth-order valence-corrected chi connectivity index (χ4v) is 3.32. The van der Waals surface area contributed by atoms with Crippen molar-refractivity contribution in [1.29, 1.82) is 0 Å². The molecule has 0 spiro atoms. The summed E-state index contributed by atoms with van der Waals surface area (Å²) in [5.74, 6) is 0. The van der Waals surface area contributed by atoms with Crippen molar-refractivity contribution in [2.45, 2.75) is 30.6 Å². The standard InChI is InChI=1S/C7H10N4S2/c12-4-8-6-2-1-3-7(6,10-4)11-5(13)9-6/h1-3H2,(H2,8,10,12)(H2,9,11,13). The zero-order valence-electron chi connectivity index (χ0n) is 6.94. The van der Waals surface area contributed by atoms with Crippen LogP contribution in [0.4, 0.5) is 0 Å². The first-order chi connectivity index (χ1) is 6.16. The summed E-state index contributed by atoms with van der Waals surface area (Å²) in [5, 5.41) is 14.5. The molecule has 2 aliphatic heterocycles. The Morgan fingerprint density at radius 3 is 1.62 bits per heavy atom. The minimum atomic E-state index is -0.166. The van der Waals surface area contributed by atoms with Crippen LogP contribution in [-0.2, 0) is 0 Å². The number of nitrogens with one attached hydrogen (secondary N) is 4. The van der Waals surface area contributed by atoms with Gasteiger partial charge in [-0.1, -0.05) is 0 Å². The molecule has 4 N–H and O–H groups in total. The van der Waals surface area contributed by atoms with Crippen molar-refractivity contribution in [2.24, 2.45) is 0 Å². The summed E-state index contributed by atoms with van der Waals surface area (Å²) in [6, 6.07) is 0. The van der Waals surface area contributed by atoms with Gasteiger partial charge in [0.15, 0.2) is 21.6 Å². The minimum Gasteiger partial charge on any atom is -0.336 e. The van der Waals surface area contributed by atoms with Crippen LogP contribution in [0.5, 0.6) is 0 Å². The summed E-state index contributed by atoms with van der Waals surface area (Å²) in [7, 11) is 0. The molecule has 0 aromatic carbocycles. The Morgan fingerprint density at radius 1 is 0.846 bits per heavy atom. The van der Waals surface area contributed by atoms with Crippen LogP contribution < -0.4 is 21.3 Å². The van der Waals surface area contributed by atoms with Crippen LogP contribution in [0.3, 0.4) is 0 Å². The second-order valence-electron chi connectivity index (χ2n) is 3.82. The van der Waals surface area contributed by atoms with E-state index in [0.717, 1.165) is 12.8 Å². The fourth-order valence-electron chi connectivity index (χ4n) is 2.62. The predicted octanol–water partition coefficient (Wildman–Crippen LogP) is -0.482. The molecule has 1 aliphatic carbocycles. The Labute approximate surface area is 86.8 Å². The lowest BCUT2D eigenvalue weighted by Crippen LogP contribution is -2.62. The highest BCUT2D eigenvalue weighted by atomic mass is 32.1. The zero-order valence-corrected chi connectivity index (χ0v) is 8.57. The van der Waals surface area contributed by atoms with Gasteiger partial charge in [0.25, 0.3) is 0 Å². The van der Waals surface area contributed by atoms with E-state index in [-0.39, 0.29) is 11.3 Å². The fraction of sp³-hybridized carbons (Fsp3) is 0.714. The van der Waals surface area contributed by atoms with Gasteiger partial charge in [0, 0.05) is 0 Å². The Bertz CT molecular complexity index is 268. The third-order valence-corrected chi connectivity index (χ3v) is 3.55. The second-order valence-corrected chi connectivity index (χ2v) is 4.64. The largest absolute Gasteiger partial charge is 0.336 e. The van der Waals surface area contributed by atoms with Crippen molar-refractivity contribution in [3.05, 3.63) is 0 Å². The van der Waals surface area contributed by atoms with E-state index >= 15 is 0 Å². The van der Waals surface area contributed by atoms with Gasteiger partial charge in [-0.3, -0.25) is 0 Å². The first-order valence-corrected chi connectivity index (χ1v) is 5.18. The molecule has 2 heterocycles. The maximum Gasteiger partial charge on any atom is 0.170 e. The van der Waals surface area contributed by atoms with Gasteiger partial charge in [0.1, 0.15) is 0 Å². The molecule has 3 fully saturated rings. The van der Waals surface area contributed by atoms with E-state index in [1.807, 2.05) is 0 Å². The highest BCUT2D eigenvalue weighted by Crippen LogP contribution is 2.41. The lowest BCUT2D eigenvalue weighted by molar-refractivity contribution is 0.250. The molecule has 0 unspecified atom stereocenters. The second kappa shape index (κ2) is 2.06. The Morgan fingerprint density at radius 2 is 1.23 bits per heavy atom. The summed E-state index contributed by atoms with van der Waals surface area (Å²) < 4.78 is 0. The molecular formula is C7H10N4S2. The van der Waals surface area contributed by atoms with Gasteiger partial charge in [-0.2, -0.15) is 0 Å². The minimum absolute atomic E-state index is 0.166. The average Bonchev–Trinajstić information content (AvgIpc) is 2.42. The van der Waals surface area contributed by atoms with E-state index in [9.17, 15) is 0 Å². The molecule has 0 bridgehead atoms. The van der Waals surface area contributed by atoms with E-state index in [2.05, 4.69) is 21.3 Å². The van der Waals surface area contributed by atoms with Crippen LogP contribution >= 0.6 is 24.4 Å². The van der Waals surface area contributed by atoms with Crippen LogP contribution in [-0.4, -0.2) is 21.6 Å². The average molecular weight is 214 g/mol. The van der Waals surface area contributed by atoms with Gasteiger partial charge in [0.2, 0.25) is 0 Å². The zero-order chi connectivity index (χ0) is 9.10. The van der Waals surface area contributed by atoms with Gasteiger partial charge in [-0.15, -0.1) is 0 Å². The summed E-state index contributed by atoms with van der Waals surface area (Å²) >= 11 is 10.2. The molecule has 0 aromatic rings. The van der Waals surface area contributed by atoms with Crippen molar-refractivity contribution in [3.8, 4) is 0 Å². The topological polar surface area (TPSA) is 48.1 Å². The van der Waals surface area contributed by atoms with Crippen LogP contribution in [0.2, 0.25) is 0 Å². The molecule has 3 rings (SSSR count). The van der Waals surface area contributed by atoms with Gasteiger partial charge >= 0.3 is 0 Å². The lowest BCUT2D eigenvalue weighted by Gasteiger charge is -2.30. The lowest BCUT2D eigenvalue weighted by atomic mass is 10.0. The molecule has 70 valence electrons. The van der Waals surface area contributed by atoms with Crippen LogP contribution in [0, 0.1) is 0 Å². The summed E-state index contributed by atoms with van der Waals surface area (Å²) in [5.41, 5.74) is -0.331. The SMILES string of the molecule is S=C1NC23CCCC2(N1)NC(=S)N3. The Balaban J connectivity index is 2.09. The normalized spacial score (nSPS) is 45.8. The van der Waals surface area contributed by atoms with Crippen molar-refractivity contribution >= 4 is 34.7 Å². The third-order valence-electron chi connectivity index (χ3n) is 3.14. The maximum atomic E-state index is 5.11. The van der Waals surface area contributed by atoms with Crippen molar-refractivity contribution in [1.82, 2.24) is 21.3 Å². The Kier molecular flexibility index (Phi) is 1.23. The summed E-state index contributed by atoms with van der Waals surface area (Å²) in [6.07, 6.45) is 3.27. The third kappa shape index (κ3) is 0.757. The van der Waals surface area contributed by atoms with Crippen molar-refractivity contribution in [2.75, 3.05) is 0 Å². The Hall–Kier alpha value is -0.620. The van der Waals surface area contributed by atoms with Crippen molar-refractivity contribution in [3.63, 3.8) is 0 Å². The molecule has 0 atom stereocenters. The smallest absolute Gasteiger partial charge is 0.170 e. The van der Waals surface area contributed by atoms with E-state index in [0.29, 0.717) is 10.2 Å². The quantitative estimate of drug-likeness (QED) is 0.409. The van der Waals surface area contributed by atoms with E-state index < -0.39 is 0 Å². The van der Waals surface area contributed by atoms with Crippen LogP contribution in [0.1, 0.15) is 19.3 Å². The van der Waals surface area contributed by atoms with Crippen molar-refractivity contribution < 1.29 is 0 Å². The maximum absolute atomic E-state index is 5.11. The monoisotopic (exact) mass is 214 g/mol. The van der Waals surface area contributed by atoms with Gasteiger partial charge < -0.3 is 21.3 Å². The molecule has 0 amide bonds. The number of hydrogen-bond acceptors (Lipinski definition) is 2. The van der Waals surface area contributed by atoms with Crippen LogP contribution in [0.15, 0.2) is 0 Å².